The summed E-state index contributed by atoms with van der Waals surface area (Å²) in [7, 11) is 0. The van der Waals surface area contributed by atoms with Gasteiger partial charge in [-0.1, -0.05) is 6.07 Å². The van der Waals surface area contributed by atoms with Gasteiger partial charge in [-0.05, 0) is 67.5 Å². The lowest BCUT2D eigenvalue weighted by atomic mass is 9.87. The van der Waals surface area contributed by atoms with Gasteiger partial charge in [0.05, 0.1) is 11.6 Å². The predicted octanol–water partition coefficient (Wildman–Crippen LogP) is 3.92. The molecule has 1 amide bonds. The van der Waals surface area contributed by atoms with E-state index >= 15 is 0 Å². The topological polar surface area (TPSA) is 71.2 Å². The number of fused-ring (bicyclic) bond motifs is 1. The van der Waals surface area contributed by atoms with Crippen molar-refractivity contribution in [2.45, 2.75) is 38.1 Å². The van der Waals surface area contributed by atoms with E-state index in [1.807, 2.05) is 30.3 Å². The molecule has 1 saturated heterocycles. The minimum atomic E-state index is -0.0600. The zero-order valence-corrected chi connectivity index (χ0v) is 16.8. The van der Waals surface area contributed by atoms with Gasteiger partial charge in [0, 0.05) is 25.0 Å². The highest BCUT2D eigenvalue weighted by molar-refractivity contribution is 5.94. The Labute approximate surface area is 172 Å². The minimum absolute atomic E-state index is 0. The van der Waals surface area contributed by atoms with E-state index in [2.05, 4.69) is 15.2 Å². The molecule has 27 heavy (non-hydrogen) atoms. The van der Waals surface area contributed by atoms with Crippen LogP contribution in [0.5, 0.6) is 0 Å². The molecule has 0 spiro atoms. The highest BCUT2D eigenvalue weighted by Crippen LogP contribution is 2.31. The van der Waals surface area contributed by atoms with Crippen molar-refractivity contribution in [3.63, 3.8) is 0 Å². The fraction of sp³-hybridized carbons (Fsp3) is 0.400. The van der Waals surface area contributed by atoms with Gasteiger partial charge in [-0.15, -0.1) is 24.8 Å². The van der Waals surface area contributed by atoms with Crippen LogP contribution in [0.2, 0.25) is 0 Å². The average Bonchev–Trinajstić information content (AvgIpc) is 3.16. The van der Waals surface area contributed by atoms with Crippen LogP contribution in [-0.4, -0.2) is 24.0 Å². The summed E-state index contributed by atoms with van der Waals surface area (Å²) >= 11 is 0. The molecular formula is C20H26Cl2N4O. The average molecular weight is 409 g/mol. The van der Waals surface area contributed by atoms with Gasteiger partial charge in [-0.3, -0.25) is 4.79 Å². The van der Waals surface area contributed by atoms with Crippen molar-refractivity contribution < 1.29 is 4.79 Å². The monoisotopic (exact) mass is 408 g/mol. The number of nitrogen functional groups attached to an aromatic ring is 1. The summed E-state index contributed by atoms with van der Waals surface area (Å²) in [5.74, 6) is 0.905. The molecule has 3 N–H and O–H groups in total. The highest BCUT2D eigenvalue weighted by atomic mass is 35.5. The molecule has 4 rings (SSSR count). The summed E-state index contributed by atoms with van der Waals surface area (Å²) in [5.41, 5.74) is 9.73. The van der Waals surface area contributed by atoms with Crippen LogP contribution in [-0.2, 0) is 6.42 Å². The second kappa shape index (κ2) is 9.29. The number of hydrogen-bond donors (Lipinski definition) is 2. The van der Waals surface area contributed by atoms with Crippen molar-refractivity contribution in [2.24, 2.45) is 0 Å². The van der Waals surface area contributed by atoms with Gasteiger partial charge < -0.3 is 16.0 Å². The number of aryl methyl sites for hydroxylation is 1. The van der Waals surface area contributed by atoms with Crippen LogP contribution in [0.15, 0.2) is 36.5 Å². The maximum Gasteiger partial charge on any atom is 0.253 e. The molecular weight excluding hydrogens is 383 g/mol. The zero-order valence-electron chi connectivity index (χ0n) is 15.2. The molecule has 2 aliphatic rings. The second-order valence-electron chi connectivity index (χ2n) is 6.98. The van der Waals surface area contributed by atoms with Crippen molar-refractivity contribution >= 4 is 42.2 Å². The van der Waals surface area contributed by atoms with Crippen molar-refractivity contribution in [2.75, 3.05) is 23.7 Å². The SMILES string of the molecule is Cl.Cl.Nc1ccc2c(c1)CCCC2NC(=O)c1ccc(N2CCCC2)nc1. The quantitative estimate of drug-likeness (QED) is 0.754. The van der Waals surface area contributed by atoms with Crippen molar-refractivity contribution in [1.29, 1.82) is 0 Å². The Morgan fingerprint density at radius 2 is 1.89 bits per heavy atom. The summed E-state index contributed by atoms with van der Waals surface area (Å²) in [6.45, 7) is 2.11. The number of rotatable bonds is 3. The smallest absolute Gasteiger partial charge is 0.253 e. The van der Waals surface area contributed by atoms with Crippen molar-refractivity contribution in [1.82, 2.24) is 10.3 Å². The fourth-order valence-corrected chi connectivity index (χ4v) is 3.88. The number of benzene rings is 1. The molecule has 5 nitrogen and oxygen atoms in total. The molecule has 2 aromatic rings. The van der Waals surface area contributed by atoms with Crippen molar-refractivity contribution in [3.8, 4) is 0 Å². The number of aromatic nitrogens is 1. The predicted molar refractivity (Wildman–Crippen MR) is 114 cm³/mol. The van der Waals surface area contributed by atoms with Crippen LogP contribution < -0.4 is 16.0 Å². The van der Waals surface area contributed by atoms with E-state index in [1.165, 1.54) is 24.0 Å². The summed E-state index contributed by atoms with van der Waals surface area (Å²) in [5, 5.41) is 3.17. The van der Waals surface area contributed by atoms with E-state index in [-0.39, 0.29) is 36.8 Å². The first-order valence-corrected chi connectivity index (χ1v) is 9.11. The summed E-state index contributed by atoms with van der Waals surface area (Å²) in [6, 6.07) is 9.87. The number of carbonyl (C=O) groups excluding carboxylic acids is 1. The van der Waals surface area contributed by atoms with Crippen molar-refractivity contribution in [3.05, 3.63) is 53.2 Å². The van der Waals surface area contributed by atoms with Gasteiger partial charge in [0.15, 0.2) is 0 Å². The van der Waals surface area contributed by atoms with E-state index in [0.717, 1.165) is 43.9 Å². The maximum atomic E-state index is 12.6. The Morgan fingerprint density at radius 1 is 1.11 bits per heavy atom. The van der Waals surface area contributed by atoms with E-state index < -0.39 is 0 Å². The number of carbonyl (C=O) groups is 1. The summed E-state index contributed by atoms with van der Waals surface area (Å²) < 4.78 is 0. The zero-order chi connectivity index (χ0) is 17.2. The molecule has 1 aliphatic carbocycles. The Balaban J connectivity index is 0.00000131. The van der Waals surface area contributed by atoms with Crippen LogP contribution in [0, 0.1) is 0 Å². The molecule has 1 aromatic heterocycles. The van der Waals surface area contributed by atoms with E-state index in [0.29, 0.717) is 5.56 Å². The number of anilines is 2. The molecule has 1 unspecified atom stereocenters. The number of nitrogens with one attached hydrogen (secondary N) is 1. The van der Waals surface area contributed by atoms with Gasteiger partial charge in [0.25, 0.3) is 5.91 Å². The third kappa shape index (κ3) is 4.66. The van der Waals surface area contributed by atoms with Gasteiger partial charge in [0.2, 0.25) is 0 Å². The van der Waals surface area contributed by atoms with E-state index in [4.69, 9.17) is 5.73 Å². The molecule has 7 heteroatoms. The number of halogens is 2. The molecule has 1 aliphatic heterocycles. The lowest BCUT2D eigenvalue weighted by Gasteiger charge is -2.26. The molecule has 2 heterocycles. The normalized spacial score (nSPS) is 18.1. The van der Waals surface area contributed by atoms with Gasteiger partial charge in [-0.25, -0.2) is 4.98 Å². The highest BCUT2D eigenvalue weighted by Gasteiger charge is 2.22. The largest absolute Gasteiger partial charge is 0.399 e. The van der Waals surface area contributed by atoms with Crippen LogP contribution >= 0.6 is 24.8 Å². The first-order chi connectivity index (χ1) is 12.2. The first kappa shape index (κ1) is 21.3. The van der Waals surface area contributed by atoms with Gasteiger partial charge >= 0.3 is 0 Å². The summed E-state index contributed by atoms with van der Waals surface area (Å²) in [6.07, 6.45) is 7.18. The Hall–Kier alpha value is -1.98. The maximum absolute atomic E-state index is 12.6. The van der Waals surface area contributed by atoms with E-state index in [1.54, 1.807) is 6.20 Å². The Kier molecular flexibility index (Phi) is 7.33. The lowest BCUT2D eigenvalue weighted by Crippen LogP contribution is -2.31. The Morgan fingerprint density at radius 3 is 2.59 bits per heavy atom. The molecule has 0 bridgehead atoms. The third-order valence-electron chi connectivity index (χ3n) is 5.23. The molecule has 0 radical (unpaired) electrons. The molecule has 146 valence electrons. The molecule has 0 saturated carbocycles. The standard InChI is InChI=1S/C20H24N4O.2ClH/c21-16-7-8-17-14(12-16)4-3-5-18(17)23-20(25)15-6-9-19(22-13-15)24-10-1-2-11-24;;/h6-9,12-13,18H,1-5,10-11,21H2,(H,23,25);2*1H. The summed E-state index contributed by atoms with van der Waals surface area (Å²) in [4.78, 5) is 19.4. The van der Waals surface area contributed by atoms with Gasteiger partial charge in [0.1, 0.15) is 5.82 Å². The van der Waals surface area contributed by atoms with Crippen LogP contribution in [0.1, 0.15) is 53.2 Å². The second-order valence-corrected chi connectivity index (χ2v) is 6.98. The number of nitrogens with two attached hydrogens (primary N) is 1. The third-order valence-corrected chi connectivity index (χ3v) is 5.23. The fourth-order valence-electron chi connectivity index (χ4n) is 3.88. The molecule has 1 fully saturated rings. The number of pyridine rings is 1. The minimum Gasteiger partial charge on any atom is -0.399 e. The molecule has 1 atom stereocenters. The first-order valence-electron chi connectivity index (χ1n) is 9.11. The Bertz CT molecular complexity index is 776. The molecule has 1 aromatic carbocycles. The van der Waals surface area contributed by atoms with E-state index in [9.17, 15) is 4.79 Å². The van der Waals surface area contributed by atoms with Gasteiger partial charge in [-0.2, -0.15) is 0 Å². The van der Waals surface area contributed by atoms with Crippen LogP contribution in [0.25, 0.3) is 0 Å². The van der Waals surface area contributed by atoms with Crippen LogP contribution in [0.4, 0.5) is 11.5 Å². The van der Waals surface area contributed by atoms with Crippen LogP contribution in [0.3, 0.4) is 0 Å². The number of nitrogens with zero attached hydrogens (tertiary/aromatic N) is 2. The number of hydrogen-bond acceptors (Lipinski definition) is 4. The lowest BCUT2D eigenvalue weighted by molar-refractivity contribution is 0.0932. The number of amides is 1.